The Morgan fingerprint density at radius 2 is 2.33 bits per heavy atom. The van der Waals surface area contributed by atoms with Crippen LogP contribution >= 0.6 is 15.9 Å². The van der Waals surface area contributed by atoms with Gasteiger partial charge in [-0.05, 0) is 23.8 Å². The number of urea groups is 1. The number of amides is 2. The summed E-state index contributed by atoms with van der Waals surface area (Å²) in [7, 11) is 0. The second kappa shape index (κ2) is 4.78. The number of benzene rings is 1. The van der Waals surface area contributed by atoms with E-state index in [1.165, 1.54) is 17.0 Å². The molecule has 2 rings (SSSR count). The van der Waals surface area contributed by atoms with Crippen molar-refractivity contribution in [1.82, 2.24) is 4.90 Å². The van der Waals surface area contributed by atoms with Crippen molar-refractivity contribution < 1.29 is 9.18 Å². The number of halogens is 2. The molecule has 1 aromatic rings. The van der Waals surface area contributed by atoms with Crippen LogP contribution < -0.4 is 5.73 Å². The molecule has 0 spiro atoms. The summed E-state index contributed by atoms with van der Waals surface area (Å²) >= 11 is 3.30. The Morgan fingerprint density at radius 1 is 1.61 bits per heavy atom. The molecule has 1 aliphatic heterocycles. The van der Waals surface area contributed by atoms with E-state index in [-0.39, 0.29) is 12.4 Å². The molecular weight excluding hydrogens is 301 g/mol. The molecular formula is C12H9BrFN3O. The molecule has 92 valence electrons. The number of hydrogen-bond acceptors (Lipinski definition) is 2. The van der Waals surface area contributed by atoms with Gasteiger partial charge in [0.05, 0.1) is 6.54 Å². The van der Waals surface area contributed by atoms with Gasteiger partial charge >= 0.3 is 6.03 Å². The minimum atomic E-state index is -0.626. The lowest BCUT2D eigenvalue weighted by Crippen LogP contribution is -2.33. The summed E-state index contributed by atoms with van der Waals surface area (Å²) in [5, 5.41) is 0. The predicted molar refractivity (Wildman–Crippen MR) is 69.4 cm³/mol. The van der Waals surface area contributed by atoms with Crippen LogP contribution in [-0.2, 0) is 0 Å². The van der Waals surface area contributed by atoms with Crippen molar-refractivity contribution in [3.8, 4) is 12.3 Å². The van der Waals surface area contributed by atoms with Gasteiger partial charge in [0.25, 0.3) is 0 Å². The van der Waals surface area contributed by atoms with Crippen LogP contribution in [0.3, 0.4) is 0 Å². The lowest BCUT2D eigenvalue weighted by Gasteiger charge is -2.23. The first-order valence-corrected chi connectivity index (χ1v) is 5.87. The standard InChI is InChI=1S/C12H9BrFN3O/c1-2-5-17-10(11(15)16-12(17)18)8-6-7(14)3-4-9(8)13/h1,3-4,6,10H,5H2,(H2,15,16,18). The van der Waals surface area contributed by atoms with Gasteiger partial charge in [0.1, 0.15) is 17.7 Å². The van der Waals surface area contributed by atoms with E-state index < -0.39 is 17.9 Å². The number of aliphatic imine (C=N–C) groups is 1. The molecule has 1 atom stereocenters. The highest BCUT2D eigenvalue weighted by molar-refractivity contribution is 9.10. The van der Waals surface area contributed by atoms with E-state index in [1.54, 1.807) is 6.07 Å². The molecule has 0 bridgehead atoms. The highest BCUT2D eigenvalue weighted by atomic mass is 79.9. The highest BCUT2D eigenvalue weighted by Gasteiger charge is 2.35. The summed E-state index contributed by atoms with van der Waals surface area (Å²) < 4.78 is 13.9. The van der Waals surface area contributed by atoms with Crippen LogP contribution in [0.2, 0.25) is 0 Å². The molecule has 0 saturated heterocycles. The van der Waals surface area contributed by atoms with Crippen LogP contribution in [-0.4, -0.2) is 23.3 Å². The van der Waals surface area contributed by atoms with E-state index in [2.05, 4.69) is 26.8 Å². The molecule has 6 heteroatoms. The largest absolute Gasteiger partial charge is 0.385 e. The molecule has 2 amide bonds. The van der Waals surface area contributed by atoms with Crippen LogP contribution in [0.4, 0.5) is 9.18 Å². The normalized spacial score (nSPS) is 18.7. The van der Waals surface area contributed by atoms with Crippen molar-refractivity contribution in [3.63, 3.8) is 0 Å². The Labute approximate surface area is 112 Å². The third-order valence-electron chi connectivity index (χ3n) is 2.58. The second-order valence-corrected chi connectivity index (χ2v) is 4.57. The van der Waals surface area contributed by atoms with E-state index >= 15 is 0 Å². The molecule has 1 aromatic carbocycles. The highest BCUT2D eigenvalue weighted by Crippen LogP contribution is 2.32. The monoisotopic (exact) mass is 309 g/mol. The molecule has 1 aliphatic rings. The maximum Gasteiger partial charge on any atom is 0.346 e. The molecule has 0 aromatic heterocycles. The van der Waals surface area contributed by atoms with Crippen LogP contribution in [0.15, 0.2) is 27.7 Å². The van der Waals surface area contributed by atoms with Gasteiger partial charge < -0.3 is 5.73 Å². The van der Waals surface area contributed by atoms with Gasteiger partial charge in [0.15, 0.2) is 0 Å². The van der Waals surface area contributed by atoms with Crippen molar-refractivity contribution in [2.75, 3.05) is 6.54 Å². The van der Waals surface area contributed by atoms with Crippen molar-refractivity contribution in [2.45, 2.75) is 6.04 Å². The van der Waals surface area contributed by atoms with E-state index in [0.29, 0.717) is 10.0 Å². The van der Waals surface area contributed by atoms with E-state index in [4.69, 9.17) is 12.2 Å². The number of rotatable bonds is 2. The number of carbonyl (C=O) groups is 1. The summed E-state index contributed by atoms with van der Waals surface area (Å²) in [4.78, 5) is 16.6. The number of amidine groups is 1. The van der Waals surface area contributed by atoms with Gasteiger partial charge in [-0.1, -0.05) is 21.9 Å². The topological polar surface area (TPSA) is 58.7 Å². The average Bonchev–Trinajstić information content (AvgIpc) is 2.58. The average molecular weight is 310 g/mol. The zero-order chi connectivity index (χ0) is 13.3. The van der Waals surface area contributed by atoms with Crippen molar-refractivity contribution in [3.05, 3.63) is 34.1 Å². The van der Waals surface area contributed by atoms with Gasteiger partial charge in [-0.15, -0.1) is 6.42 Å². The number of nitrogens with zero attached hydrogens (tertiary/aromatic N) is 2. The van der Waals surface area contributed by atoms with E-state index in [9.17, 15) is 9.18 Å². The van der Waals surface area contributed by atoms with E-state index in [1.807, 2.05) is 0 Å². The first kappa shape index (κ1) is 12.6. The Morgan fingerprint density at radius 3 is 3.00 bits per heavy atom. The Bertz CT molecular complexity index is 579. The van der Waals surface area contributed by atoms with Gasteiger partial charge in [-0.2, -0.15) is 4.99 Å². The van der Waals surface area contributed by atoms with Gasteiger partial charge in [0.2, 0.25) is 0 Å². The lowest BCUT2D eigenvalue weighted by molar-refractivity contribution is 0.213. The van der Waals surface area contributed by atoms with Crippen LogP contribution in [0.25, 0.3) is 0 Å². The fraction of sp³-hybridized carbons (Fsp3) is 0.167. The predicted octanol–water partition coefficient (Wildman–Crippen LogP) is 2.06. The minimum absolute atomic E-state index is 0.0661. The number of nitrogens with two attached hydrogens (primary N) is 1. The van der Waals surface area contributed by atoms with Crippen molar-refractivity contribution >= 4 is 27.8 Å². The molecule has 1 heterocycles. The SMILES string of the molecule is C#CCN1C(=O)N=C(N)C1c1cc(F)ccc1Br. The molecule has 18 heavy (non-hydrogen) atoms. The fourth-order valence-electron chi connectivity index (χ4n) is 1.81. The summed E-state index contributed by atoms with van der Waals surface area (Å²) in [5.41, 5.74) is 6.24. The Kier molecular flexibility index (Phi) is 3.34. The van der Waals surface area contributed by atoms with Gasteiger partial charge in [-0.3, -0.25) is 4.90 Å². The fourth-order valence-corrected chi connectivity index (χ4v) is 2.28. The van der Waals surface area contributed by atoms with Crippen molar-refractivity contribution in [1.29, 1.82) is 0 Å². The second-order valence-electron chi connectivity index (χ2n) is 3.72. The smallest absolute Gasteiger partial charge is 0.346 e. The third-order valence-corrected chi connectivity index (χ3v) is 3.30. The maximum atomic E-state index is 13.3. The van der Waals surface area contributed by atoms with Crippen LogP contribution in [0.5, 0.6) is 0 Å². The summed E-state index contributed by atoms with van der Waals surface area (Å²) in [6, 6.07) is 3.03. The molecule has 0 fully saturated rings. The Balaban J connectivity index is 2.48. The first-order valence-electron chi connectivity index (χ1n) is 5.07. The van der Waals surface area contributed by atoms with E-state index in [0.717, 1.165) is 0 Å². The molecule has 4 nitrogen and oxygen atoms in total. The van der Waals surface area contributed by atoms with Crippen LogP contribution in [0.1, 0.15) is 11.6 Å². The zero-order valence-corrected chi connectivity index (χ0v) is 10.8. The van der Waals surface area contributed by atoms with Gasteiger partial charge in [0, 0.05) is 4.47 Å². The van der Waals surface area contributed by atoms with Gasteiger partial charge in [-0.25, -0.2) is 9.18 Å². The molecule has 0 saturated carbocycles. The van der Waals surface area contributed by atoms with Crippen LogP contribution in [0, 0.1) is 18.2 Å². The number of carbonyl (C=O) groups excluding carboxylic acids is 1. The molecule has 0 aliphatic carbocycles. The molecule has 0 radical (unpaired) electrons. The maximum absolute atomic E-state index is 13.3. The quantitative estimate of drug-likeness (QED) is 0.850. The zero-order valence-electron chi connectivity index (χ0n) is 9.23. The van der Waals surface area contributed by atoms with Crippen molar-refractivity contribution in [2.24, 2.45) is 10.7 Å². The molecule has 1 unspecified atom stereocenters. The molecule has 2 N–H and O–H groups in total. The lowest BCUT2D eigenvalue weighted by atomic mass is 10.1. The summed E-state index contributed by atoms with van der Waals surface area (Å²) in [5.74, 6) is 2.06. The Hall–Kier alpha value is -1.87. The number of terminal acetylenes is 1. The third kappa shape index (κ3) is 2.09. The minimum Gasteiger partial charge on any atom is -0.385 e. The summed E-state index contributed by atoms with van der Waals surface area (Å²) in [6.07, 6.45) is 5.20. The number of hydrogen-bond donors (Lipinski definition) is 1. The first-order chi connectivity index (χ1) is 8.54. The summed E-state index contributed by atoms with van der Waals surface area (Å²) in [6.45, 7) is 0.0661.